The first-order chi connectivity index (χ1) is 9.60. The van der Waals surface area contributed by atoms with Crippen LogP contribution in [0.4, 0.5) is 5.69 Å². The van der Waals surface area contributed by atoms with Gasteiger partial charge in [0.15, 0.2) is 5.78 Å². The average Bonchev–Trinajstić information content (AvgIpc) is 2.48. The molecule has 0 heterocycles. The molecule has 0 aliphatic heterocycles. The van der Waals surface area contributed by atoms with Crippen LogP contribution in [0.3, 0.4) is 0 Å². The van der Waals surface area contributed by atoms with Crippen molar-refractivity contribution in [2.24, 2.45) is 0 Å². The molecule has 0 saturated carbocycles. The fraction of sp³-hybridized carbons (Fsp3) is 0.235. The Labute approximate surface area is 119 Å². The molecule has 2 aromatic carbocycles. The molecule has 0 unspecified atom stereocenters. The number of carbonyl (C=O) groups excluding carboxylic acids is 1. The van der Waals surface area contributed by atoms with Crippen LogP contribution < -0.4 is 10.1 Å². The van der Waals surface area contributed by atoms with Crippen molar-refractivity contribution in [3.8, 4) is 5.75 Å². The lowest BCUT2D eigenvalue weighted by Gasteiger charge is -2.10. The number of methoxy groups -OCH3 is 1. The lowest BCUT2D eigenvalue weighted by molar-refractivity contribution is 0.101. The number of benzene rings is 2. The van der Waals surface area contributed by atoms with Crippen LogP contribution in [0.1, 0.15) is 21.5 Å². The van der Waals surface area contributed by atoms with Crippen LogP contribution in [0, 0.1) is 13.8 Å². The summed E-state index contributed by atoms with van der Waals surface area (Å²) in [6, 6.07) is 13.4. The van der Waals surface area contributed by atoms with Crippen LogP contribution in [-0.4, -0.2) is 19.4 Å². The second kappa shape index (κ2) is 6.24. The number of hydrogen-bond acceptors (Lipinski definition) is 3. The zero-order valence-electron chi connectivity index (χ0n) is 12.1. The molecule has 0 atom stereocenters. The Morgan fingerprint density at radius 2 is 1.95 bits per heavy atom. The summed E-state index contributed by atoms with van der Waals surface area (Å²) in [6.45, 7) is 4.34. The van der Waals surface area contributed by atoms with Crippen LogP contribution in [-0.2, 0) is 0 Å². The average molecular weight is 269 g/mol. The Bertz CT molecular complexity index is 620. The van der Waals surface area contributed by atoms with Gasteiger partial charge in [-0.2, -0.15) is 0 Å². The SMILES string of the molecule is COc1cccc(C(=O)CNc2cc(C)ccc2C)c1. The van der Waals surface area contributed by atoms with Crippen molar-refractivity contribution in [3.63, 3.8) is 0 Å². The number of hydrogen-bond donors (Lipinski definition) is 1. The van der Waals surface area contributed by atoms with Gasteiger partial charge in [0.1, 0.15) is 5.75 Å². The summed E-state index contributed by atoms with van der Waals surface area (Å²) in [5.41, 5.74) is 3.96. The van der Waals surface area contributed by atoms with Gasteiger partial charge in [-0.15, -0.1) is 0 Å². The van der Waals surface area contributed by atoms with Crippen molar-refractivity contribution in [1.29, 1.82) is 0 Å². The normalized spacial score (nSPS) is 10.2. The predicted octanol–water partition coefficient (Wildman–Crippen LogP) is 3.61. The van der Waals surface area contributed by atoms with Gasteiger partial charge in [0, 0.05) is 11.3 Å². The van der Waals surface area contributed by atoms with Crippen molar-refractivity contribution >= 4 is 11.5 Å². The Hall–Kier alpha value is -2.29. The molecule has 0 spiro atoms. The first kappa shape index (κ1) is 14.1. The van der Waals surface area contributed by atoms with E-state index >= 15 is 0 Å². The molecule has 2 rings (SSSR count). The first-order valence-electron chi connectivity index (χ1n) is 6.58. The van der Waals surface area contributed by atoms with Gasteiger partial charge in [-0.25, -0.2) is 0 Å². The third kappa shape index (κ3) is 3.38. The second-order valence-corrected chi connectivity index (χ2v) is 4.83. The Kier molecular flexibility index (Phi) is 4.41. The van der Waals surface area contributed by atoms with Crippen LogP contribution in [0.2, 0.25) is 0 Å². The van der Waals surface area contributed by atoms with Gasteiger partial charge in [0.2, 0.25) is 0 Å². The predicted molar refractivity (Wildman–Crippen MR) is 81.7 cm³/mol. The zero-order valence-corrected chi connectivity index (χ0v) is 12.1. The second-order valence-electron chi connectivity index (χ2n) is 4.83. The van der Waals surface area contributed by atoms with Gasteiger partial charge >= 0.3 is 0 Å². The van der Waals surface area contributed by atoms with E-state index in [0.29, 0.717) is 11.3 Å². The Morgan fingerprint density at radius 3 is 2.70 bits per heavy atom. The van der Waals surface area contributed by atoms with E-state index in [0.717, 1.165) is 11.3 Å². The van der Waals surface area contributed by atoms with Crippen molar-refractivity contribution in [1.82, 2.24) is 0 Å². The summed E-state index contributed by atoms with van der Waals surface area (Å²) >= 11 is 0. The van der Waals surface area contributed by atoms with Gasteiger partial charge < -0.3 is 10.1 Å². The van der Waals surface area contributed by atoms with Crippen molar-refractivity contribution in [2.75, 3.05) is 19.0 Å². The van der Waals surface area contributed by atoms with Crippen molar-refractivity contribution < 1.29 is 9.53 Å². The molecule has 0 amide bonds. The van der Waals surface area contributed by atoms with E-state index in [1.807, 2.05) is 38.1 Å². The largest absolute Gasteiger partial charge is 0.497 e. The molecule has 3 nitrogen and oxygen atoms in total. The maximum atomic E-state index is 12.2. The molecule has 0 aliphatic rings. The van der Waals surface area contributed by atoms with Crippen LogP contribution in [0.15, 0.2) is 42.5 Å². The maximum Gasteiger partial charge on any atom is 0.181 e. The fourth-order valence-corrected chi connectivity index (χ4v) is 2.00. The molecule has 0 aromatic heterocycles. The smallest absolute Gasteiger partial charge is 0.181 e. The number of carbonyl (C=O) groups is 1. The van der Waals surface area contributed by atoms with Gasteiger partial charge in [-0.05, 0) is 43.2 Å². The van der Waals surface area contributed by atoms with Gasteiger partial charge in [0.05, 0.1) is 13.7 Å². The molecular weight excluding hydrogens is 250 g/mol. The van der Waals surface area contributed by atoms with Gasteiger partial charge in [0.25, 0.3) is 0 Å². The lowest BCUT2D eigenvalue weighted by Crippen LogP contribution is -2.14. The topological polar surface area (TPSA) is 38.3 Å². The number of rotatable bonds is 5. The maximum absolute atomic E-state index is 12.2. The quantitative estimate of drug-likeness (QED) is 0.843. The van der Waals surface area contributed by atoms with E-state index in [1.165, 1.54) is 5.56 Å². The molecule has 20 heavy (non-hydrogen) atoms. The number of aryl methyl sites for hydroxylation is 2. The minimum Gasteiger partial charge on any atom is -0.497 e. The van der Waals surface area contributed by atoms with Crippen LogP contribution in [0.5, 0.6) is 5.75 Å². The number of anilines is 1. The molecule has 0 radical (unpaired) electrons. The molecule has 3 heteroatoms. The molecule has 104 valence electrons. The van der Waals surface area contributed by atoms with E-state index < -0.39 is 0 Å². The highest BCUT2D eigenvalue weighted by Crippen LogP contribution is 2.17. The standard InChI is InChI=1S/C17H19NO2/c1-12-7-8-13(2)16(9-12)18-11-17(19)14-5-4-6-15(10-14)20-3/h4-10,18H,11H2,1-3H3. The molecule has 0 aliphatic carbocycles. The third-order valence-electron chi connectivity index (χ3n) is 3.22. The van der Waals surface area contributed by atoms with E-state index in [9.17, 15) is 4.79 Å². The molecule has 0 bridgehead atoms. The summed E-state index contributed by atoms with van der Waals surface area (Å²) in [5, 5.41) is 3.20. The van der Waals surface area contributed by atoms with E-state index in [4.69, 9.17) is 4.74 Å². The minimum absolute atomic E-state index is 0.0461. The third-order valence-corrected chi connectivity index (χ3v) is 3.22. The lowest BCUT2D eigenvalue weighted by atomic mass is 10.1. The first-order valence-corrected chi connectivity index (χ1v) is 6.58. The number of nitrogens with one attached hydrogen (secondary N) is 1. The highest BCUT2D eigenvalue weighted by atomic mass is 16.5. The summed E-state index contributed by atoms with van der Waals surface area (Å²) in [7, 11) is 1.60. The van der Waals surface area contributed by atoms with Crippen molar-refractivity contribution in [2.45, 2.75) is 13.8 Å². The Balaban J connectivity index is 2.06. The molecule has 1 N–H and O–H groups in total. The minimum atomic E-state index is 0.0461. The highest BCUT2D eigenvalue weighted by molar-refractivity contribution is 5.99. The van der Waals surface area contributed by atoms with Gasteiger partial charge in [-0.1, -0.05) is 24.3 Å². The zero-order chi connectivity index (χ0) is 14.5. The molecular formula is C17H19NO2. The summed E-state index contributed by atoms with van der Waals surface area (Å²) < 4.78 is 5.13. The fourth-order valence-electron chi connectivity index (χ4n) is 2.00. The van der Waals surface area contributed by atoms with Crippen molar-refractivity contribution in [3.05, 3.63) is 59.2 Å². The van der Waals surface area contributed by atoms with Gasteiger partial charge in [-0.3, -0.25) is 4.79 Å². The van der Waals surface area contributed by atoms with Crippen LogP contribution in [0.25, 0.3) is 0 Å². The van der Waals surface area contributed by atoms with E-state index in [-0.39, 0.29) is 12.3 Å². The summed E-state index contributed by atoms with van der Waals surface area (Å²) in [5.74, 6) is 0.743. The number of ketones is 1. The molecule has 2 aromatic rings. The molecule has 0 fully saturated rings. The number of Topliss-reactive ketones (excluding diaryl/α,β-unsaturated/α-hetero) is 1. The van der Waals surface area contributed by atoms with Crippen LogP contribution >= 0.6 is 0 Å². The highest BCUT2D eigenvalue weighted by Gasteiger charge is 2.07. The van der Waals surface area contributed by atoms with E-state index in [2.05, 4.69) is 11.4 Å². The molecule has 0 saturated heterocycles. The summed E-state index contributed by atoms with van der Waals surface area (Å²) in [4.78, 5) is 12.2. The summed E-state index contributed by atoms with van der Waals surface area (Å²) in [6.07, 6.45) is 0. The number of ether oxygens (including phenoxy) is 1. The Morgan fingerprint density at radius 1 is 1.15 bits per heavy atom. The monoisotopic (exact) mass is 269 g/mol. The van der Waals surface area contributed by atoms with E-state index in [1.54, 1.807) is 19.2 Å².